The van der Waals surface area contributed by atoms with Crippen molar-refractivity contribution in [1.29, 1.82) is 5.41 Å². The van der Waals surface area contributed by atoms with Crippen molar-refractivity contribution in [2.75, 3.05) is 11.6 Å². The standard InChI is InChI=1S/C29H31F3N6O4/c30-29(31,32)21-14-12-19(13-15-21)18-36-38(24-11-5-4-9-22(24)20-7-2-1-3-8-20)26(40)17-25(39)37(28(34)35)16-6-10-23(33)27(41)42/h1-5,7-9,11-15,23,36H,6,10,16-18,33H2,(H3,34,35)(H,41,42). The van der Waals surface area contributed by atoms with Crippen LogP contribution in [0.15, 0.2) is 78.9 Å². The number of amides is 2. The first kappa shape index (κ1) is 31.8. The molecule has 222 valence electrons. The number of carbonyl (C=O) groups excluding carboxylic acids is 2. The molecule has 0 fully saturated rings. The molecule has 0 heterocycles. The SMILES string of the molecule is N=C(N)N(CCCC(N)C(=O)O)C(=O)CC(=O)N(NCc1ccc(C(F)(F)F)cc1)c1ccccc1-c1ccccc1. The van der Waals surface area contributed by atoms with Crippen LogP contribution >= 0.6 is 0 Å². The minimum Gasteiger partial charge on any atom is -0.480 e. The number of carbonyl (C=O) groups is 3. The highest BCUT2D eigenvalue weighted by molar-refractivity contribution is 6.09. The van der Waals surface area contributed by atoms with Gasteiger partial charge in [0, 0.05) is 18.7 Å². The summed E-state index contributed by atoms with van der Waals surface area (Å²) < 4.78 is 39.0. The third-order valence-electron chi connectivity index (χ3n) is 6.31. The summed E-state index contributed by atoms with van der Waals surface area (Å²) in [5.41, 5.74) is 15.4. The average molecular weight is 585 g/mol. The van der Waals surface area contributed by atoms with Gasteiger partial charge in [-0.3, -0.25) is 24.7 Å². The lowest BCUT2D eigenvalue weighted by atomic mass is 10.0. The second kappa shape index (κ2) is 14.2. The second-order valence-corrected chi connectivity index (χ2v) is 9.34. The Morgan fingerprint density at radius 1 is 0.929 bits per heavy atom. The molecule has 3 aromatic rings. The van der Waals surface area contributed by atoms with E-state index >= 15 is 0 Å². The number of alkyl halides is 3. The molecule has 1 unspecified atom stereocenters. The molecule has 0 aromatic heterocycles. The highest BCUT2D eigenvalue weighted by Crippen LogP contribution is 2.31. The monoisotopic (exact) mass is 584 g/mol. The molecule has 0 spiro atoms. The lowest BCUT2D eigenvalue weighted by molar-refractivity contribution is -0.139. The molecule has 42 heavy (non-hydrogen) atoms. The van der Waals surface area contributed by atoms with Gasteiger partial charge in [-0.15, -0.1) is 0 Å². The highest BCUT2D eigenvalue weighted by Gasteiger charge is 2.30. The summed E-state index contributed by atoms with van der Waals surface area (Å²) >= 11 is 0. The highest BCUT2D eigenvalue weighted by atomic mass is 19.4. The van der Waals surface area contributed by atoms with Crippen molar-refractivity contribution in [2.24, 2.45) is 11.5 Å². The van der Waals surface area contributed by atoms with Crippen molar-refractivity contribution in [3.8, 4) is 11.1 Å². The largest absolute Gasteiger partial charge is 0.480 e. The van der Waals surface area contributed by atoms with E-state index in [1.165, 1.54) is 12.1 Å². The normalized spacial score (nSPS) is 11.9. The Labute approximate surface area is 240 Å². The van der Waals surface area contributed by atoms with Gasteiger partial charge in [-0.1, -0.05) is 60.7 Å². The first-order valence-corrected chi connectivity index (χ1v) is 12.9. The van der Waals surface area contributed by atoms with Gasteiger partial charge in [0.05, 0.1) is 11.3 Å². The number of carboxylic acids is 1. The summed E-state index contributed by atoms with van der Waals surface area (Å²) in [5.74, 6) is -3.35. The van der Waals surface area contributed by atoms with Gasteiger partial charge in [-0.05, 0) is 42.2 Å². The predicted octanol–water partition coefficient (Wildman–Crippen LogP) is 3.71. The Hall–Kier alpha value is -4.75. The van der Waals surface area contributed by atoms with Crippen molar-refractivity contribution >= 4 is 29.4 Å². The molecule has 13 heteroatoms. The molecule has 7 N–H and O–H groups in total. The zero-order chi connectivity index (χ0) is 30.9. The van der Waals surface area contributed by atoms with E-state index in [-0.39, 0.29) is 25.9 Å². The molecule has 0 saturated carbocycles. The van der Waals surface area contributed by atoms with Gasteiger partial charge in [-0.25, -0.2) is 10.4 Å². The summed E-state index contributed by atoms with van der Waals surface area (Å²) in [7, 11) is 0. The van der Waals surface area contributed by atoms with E-state index in [9.17, 15) is 27.6 Å². The second-order valence-electron chi connectivity index (χ2n) is 9.34. The molecule has 0 saturated heterocycles. The number of benzene rings is 3. The lowest BCUT2D eigenvalue weighted by Gasteiger charge is -2.27. The third kappa shape index (κ3) is 8.62. The van der Waals surface area contributed by atoms with Gasteiger partial charge in [0.1, 0.15) is 12.5 Å². The maximum absolute atomic E-state index is 13.6. The van der Waals surface area contributed by atoms with Crippen molar-refractivity contribution in [1.82, 2.24) is 10.3 Å². The summed E-state index contributed by atoms with van der Waals surface area (Å²) in [4.78, 5) is 38.5. The van der Waals surface area contributed by atoms with Gasteiger partial charge >= 0.3 is 12.1 Å². The molecular formula is C29H31F3N6O4. The van der Waals surface area contributed by atoms with Gasteiger partial charge < -0.3 is 16.6 Å². The van der Waals surface area contributed by atoms with Crippen molar-refractivity contribution < 1.29 is 32.7 Å². The zero-order valence-corrected chi connectivity index (χ0v) is 22.5. The number of hydrogen-bond donors (Lipinski definition) is 5. The smallest absolute Gasteiger partial charge is 0.416 e. The fourth-order valence-electron chi connectivity index (χ4n) is 4.10. The van der Waals surface area contributed by atoms with Crippen LogP contribution < -0.4 is 21.9 Å². The van der Waals surface area contributed by atoms with Crippen LogP contribution in [-0.2, 0) is 27.1 Å². The van der Waals surface area contributed by atoms with Gasteiger partial charge in [-0.2, -0.15) is 13.2 Å². The predicted molar refractivity (Wildman–Crippen MR) is 151 cm³/mol. The number of hydrazine groups is 1. The van der Waals surface area contributed by atoms with E-state index in [0.29, 0.717) is 16.8 Å². The quantitative estimate of drug-likeness (QED) is 0.0937. The van der Waals surface area contributed by atoms with Crippen molar-refractivity contribution in [3.63, 3.8) is 0 Å². The third-order valence-corrected chi connectivity index (χ3v) is 6.31. The van der Waals surface area contributed by atoms with Gasteiger partial charge in [0.15, 0.2) is 5.96 Å². The first-order valence-electron chi connectivity index (χ1n) is 12.9. The Balaban J connectivity index is 1.86. The number of carboxylic acid groups (broad SMARTS) is 1. The number of anilines is 1. The van der Waals surface area contributed by atoms with Gasteiger partial charge in [0.25, 0.3) is 5.91 Å². The molecule has 1 atom stereocenters. The fourth-order valence-corrected chi connectivity index (χ4v) is 4.10. The van der Waals surface area contributed by atoms with E-state index in [1.54, 1.807) is 24.3 Å². The van der Waals surface area contributed by atoms with E-state index in [2.05, 4.69) is 5.43 Å². The minimum absolute atomic E-state index is 0.0194. The number of guanidine groups is 1. The molecule has 0 bridgehead atoms. The molecule has 3 aromatic carbocycles. The maximum Gasteiger partial charge on any atom is 0.416 e. The van der Waals surface area contributed by atoms with Crippen LogP contribution in [0.5, 0.6) is 0 Å². The lowest BCUT2D eigenvalue weighted by Crippen LogP contribution is -2.48. The van der Waals surface area contributed by atoms with Crippen LogP contribution in [0, 0.1) is 5.41 Å². The number of rotatable bonds is 12. The molecule has 3 rings (SSSR count). The number of halogens is 3. The minimum atomic E-state index is -4.50. The molecule has 2 amide bonds. The summed E-state index contributed by atoms with van der Waals surface area (Å²) in [6.45, 7) is -0.174. The molecule has 0 aliphatic heterocycles. The number of nitrogens with two attached hydrogens (primary N) is 2. The Kier molecular flexibility index (Phi) is 10.8. The van der Waals surface area contributed by atoms with Crippen LogP contribution in [0.1, 0.15) is 30.4 Å². The molecule has 0 aliphatic rings. The molecule has 0 aliphatic carbocycles. The van der Waals surface area contributed by atoms with Crippen LogP contribution in [0.2, 0.25) is 0 Å². The van der Waals surface area contributed by atoms with Crippen LogP contribution in [-0.4, -0.2) is 46.3 Å². The van der Waals surface area contributed by atoms with Crippen LogP contribution in [0.3, 0.4) is 0 Å². The number of nitrogens with one attached hydrogen (secondary N) is 2. The summed E-state index contributed by atoms with van der Waals surface area (Å²) in [5, 5.41) is 17.9. The van der Waals surface area contributed by atoms with Gasteiger partial charge in [0.2, 0.25) is 5.91 Å². The zero-order valence-electron chi connectivity index (χ0n) is 22.5. The van der Waals surface area contributed by atoms with Crippen molar-refractivity contribution in [3.05, 3.63) is 90.0 Å². The fraction of sp³-hybridized carbons (Fsp3) is 0.241. The average Bonchev–Trinajstić information content (AvgIpc) is 2.95. The van der Waals surface area contributed by atoms with Crippen molar-refractivity contribution in [2.45, 2.75) is 38.0 Å². The molecular weight excluding hydrogens is 553 g/mol. The molecule has 10 nitrogen and oxygen atoms in total. The Morgan fingerprint density at radius 2 is 1.55 bits per heavy atom. The number of hydrogen-bond acceptors (Lipinski definition) is 6. The number of nitrogens with zero attached hydrogens (tertiary/aromatic N) is 2. The summed E-state index contributed by atoms with van der Waals surface area (Å²) in [6, 6.07) is 19.3. The van der Waals surface area contributed by atoms with Crippen LogP contribution in [0.25, 0.3) is 11.1 Å². The molecule has 0 radical (unpaired) electrons. The number of para-hydroxylation sites is 1. The summed E-state index contributed by atoms with van der Waals surface area (Å²) in [6.07, 6.45) is -5.07. The van der Waals surface area contributed by atoms with E-state index in [4.69, 9.17) is 22.0 Å². The Morgan fingerprint density at radius 3 is 2.14 bits per heavy atom. The topological polar surface area (TPSA) is 166 Å². The van der Waals surface area contributed by atoms with E-state index in [0.717, 1.165) is 27.6 Å². The maximum atomic E-state index is 13.6. The van der Waals surface area contributed by atoms with E-state index < -0.39 is 47.9 Å². The van der Waals surface area contributed by atoms with E-state index in [1.807, 2.05) is 30.3 Å². The number of aliphatic carboxylic acids is 1. The van der Waals surface area contributed by atoms with Crippen LogP contribution in [0.4, 0.5) is 18.9 Å². The Bertz CT molecular complexity index is 1400. The first-order chi connectivity index (χ1) is 19.9.